The first-order valence-electron chi connectivity index (χ1n) is 10.2. The van der Waals surface area contributed by atoms with E-state index in [1.54, 1.807) is 12.4 Å². The number of pyridine rings is 1. The summed E-state index contributed by atoms with van der Waals surface area (Å²) in [6.45, 7) is 4.21. The number of para-hydroxylation sites is 1. The van der Waals surface area contributed by atoms with Gasteiger partial charge in [0.15, 0.2) is 11.0 Å². The number of aromatic nitrogens is 4. The Kier molecular flexibility index (Phi) is 6.87. The highest BCUT2D eigenvalue weighted by molar-refractivity contribution is 7.99. The summed E-state index contributed by atoms with van der Waals surface area (Å²) >= 11 is 7.41. The zero-order valence-corrected chi connectivity index (χ0v) is 19.3. The maximum absolute atomic E-state index is 12.7. The number of rotatable bonds is 7. The molecule has 0 bridgehead atoms. The summed E-state index contributed by atoms with van der Waals surface area (Å²) in [6, 6.07) is 19.1. The van der Waals surface area contributed by atoms with Crippen LogP contribution in [0.1, 0.15) is 25.3 Å². The van der Waals surface area contributed by atoms with Crippen LogP contribution >= 0.6 is 23.4 Å². The average molecular weight is 464 g/mol. The largest absolute Gasteiger partial charge is 0.325 e. The minimum atomic E-state index is -0.0979. The molecule has 0 aliphatic rings. The van der Waals surface area contributed by atoms with Crippen LogP contribution in [0.25, 0.3) is 17.1 Å². The fourth-order valence-electron chi connectivity index (χ4n) is 3.30. The lowest BCUT2D eigenvalue weighted by Gasteiger charge is -2.14. The number of hydrogen-bond donors (Lipinski definition) is 1. The third-order valence-electron chi connectivity index (χ3n) is 4.85. The molecule has 4 aromatic rings. The third kappa shape index (κ3) is 5.00. The third-order valence-corrected chi connectivity index (χ3v) is 6.03. The number of thioether (sulfide) groups is 1. The molecule has 0 spiro atoms. The molecule has 4 rings (SSSR count). The van der Waals surface area contributed by atoms with Gasteiger partial charge in [-0.3, -0.25) is 14.3 Å². The zero-order chi connectivity index (χ0) is 22.5. The Morgan fingerprint density at radius 1 is 1.03 bits per heavy atom. The molecular formula is C24H22ClN5OS. The molecule has 32 heavy (non-hydrogen) atoms. The SMILES string of the molecule is CC(C)c1ccccc1NC(=O)CSc1nnc(-c2ccncc2)n1-c1ccc(Cl)cc1. The second-order valence-electron chi connectivity index (χ2n) is 7.43. The number of anilines is 1. The van der Waals surface area contributed by atoms with E-state index in [0.29, 0.717) is 21.9 Å². The predicted molar refractivity (Wildman–Crippen MR) is 129 cm³/mol. The lowest BCUT2D eigenvalue weighted by atomic mass is 10.0. The summed E-state index contributed by atoms with van der Waals surface area (Å²) < 4.78 is 1.92. The van der Waals surface area contributed by atoms with Gasteiger partial charge in [0.05, 0.1) is 5.75 Å². The summed E-state index contributed by atoms with van der Waals surface area (Å²) in [6.07, 6.45) is 3.42. The molecule has 0 aliphatic heterocycles. The monoisotopic (exact) mass is 463 g/mol. The molecule has 2 aromatic carbocycles. The van der Waals surface area contributed by atoms with Crippen molar-refractivity contribution in [2.75, 3.05) is 11.1 Å². The van der Waals surface area contributed by atoms with Gasteiger partial charge in [0.25, 0.3) is 0 Å². The van der Waals surface area contributed by atoms with E-state index in [0.717, 1.165) is 22.5 Å². The molecule has 2 aromatic heterocycles. The topological polar surface area (TPSA) is 72.7 Å². The van der Waals surface area contributed by atoms with Crippen molar-refractivity contribution < 1.29 is 4.79 Å². The molecule has 0 aliphatic carbocycles. The van der Waals surface area contributed by atoms with E-state index < -0.39 is 0 Å². The first-order chi connectivity index (χ1) is 15.5. The van der Waals surface area contributed by atoms with E-state index in [9.17, 15) is 4.79 Å². The number of halogens is 1. The van der Waals surface area contributed by atoms with Gasteiger partial charge < -0.3 is 5.32 Å². The van der Waals surface area contributed by atoms with Crippen LogP contribution in [0.15, 0.2) is 78.2 Å². The zero-order valence-electron chi connectivity index (χ0n) is 17.7. The number of benzene rings is 2. The number of carbonyl (C=O) groups excluding carboxylic acids is 1. The van der Waals surface area contributed by atoms with Gasteiger partial charge in [-0.05, 0) is 53.9 Å². The summed E-state index contributed by atoms with van der Waals surface area (Å²) in [4.78, 5) is 16.8. The van der Waals surface area contributed by atoms with Crippen molar-refractivity contribution in [2.24, 2.45) is 0 Å². The van der Waals surface area contributed by atoms with Crippen LogP contribution in [0, 0.1) is 0 Å². The van der Waals surface area contributed by atoms with Crippen LogP contribution in [0.2, 0.25) is 5.02 Å². The van der Waals surface area contributed by atoms with Crippen molar-refractivity contribution in [3.05, 3.63) is 83.6 Å². The van der Waals surface area contributed by atoms with Crippen molar-refractivity contribution in [1.29, 1.82) is 0 Å². The Morgan fingerprint density at radius 3 is 2.47 bits per heavy atom. The summed E-state index contributed by atoms with van der Waals surface area (Å²) in [5.74, 6) is 1.09. The van der Waals surface area contributed by atoms with E-state index in [4.69, 9.17) is 11.6 Å². The predicted octanol–water partition coefficient (Wildman–Crippen LogP) is 5.84. The minimum Gasteiger partial charge on any atom is -0.325 e. The van der Waals surface area contributed by atoms with E-state index in [1.807, 2.05) is 65.2 Å². The van der Waals surface area contributed by atoms with Crippen molar-refractivity contribution in [3.8, 4) is 17.1 Å². The number of hydrogen-bond acceptors (Lipinski definition) is 5. The Bertz CT molecular complexity index is 1210. The van der Waals surface area contributed by atoms with Gasteiger partial charge in [-0.15, -0.1) is 10.2 Å². The first kappa shape index (κ1) is 22.0. The maximum atomic E-state index is 12.7. The van der Waals surface area contributed by atoms with Crippen LogP contribution < -0.4 is 5.32 Å². The van der Waals surface area contributed by atoms with Crippen LogP contribution in [-0.4, -0.2) is 31.4 Å². The molecular weight excluding hydrogens is 442 g/mol. The van der Waals surface area contributed by atoms with Gasteiger partial charge in [0.2, 0.25) is 5.91 Å². The molecule has 0 unspecified atom stereocenters. The normalized spacial score (nSPS) is 11.0. The molecule has 1 amide bonds. The Labute approximate surface area is 196 Å². The molecule has 0 saturated heterocycles. The lowest BCUT2D eigenvalue weighted by molar-refractivity contribution is -0.113. The van der Waals surface area contributed by atoms with Crippen molar-refractivity contribution in [2.45, 2.75) is 24.9 Å². The van der Waals surface area contributed by atoms with Crippen LogP contribution in [0.3, 0.4) is 0 Å². The highest BCUT2D eigenvalue weighted by Gasteiger charge is 2.18. The molecule has 162 valence electrons. The fourth-order valence-corrected chi connectivity index (χ4v) is 4.18. The first-order valence-corrected chi connectivity index (χ1v) is 11.5. The minimum absolute atomic E-state index is 0.0979. The van der Waals surface area contributed by atoms with Gasteiger partial charge in [0.1, 0.15) is 0 Å². The van der Waals surface area contributed by atoms with Crippen molar-refractivity contribution >= 4 is 35.0 Å². The van der Waals surface area contributed by atoms with E-state index >= 15 is 0 Å². The highest BCUT2D eigenvalue weighted by Crippen LogP contribution is 2.29. The average Bonchev–Trinajstić information content (AvgIpc) is 3.23. The molecule has 2 heterocycles. The van der Waals surface area contributed by atoms with Crippen LogP contribution in [0.4, 0.5) is 5.69 Å². The second kappa shape index (κ2) is 9.97. The molecule has 1 N–H and O–H groups in total. The highest BCUT2D eigenvalue weighted by atomic mass is 35.5. The fraction of sp³-hybridized carbons (Fsp3) is 0.167. The number of amides is 1. The Morgan fingerprint density at radius 2 is 1.75 bits per heavy atom. The molecule has 8 heteroatoms. The van der Waals surface area contributed by atoms with Crippen molar-refractivity contribution in [1.82, 2.24) is 19.7 Å². The van der Waals surface area contributed by atoms with Gasteiger partial charge in [0, 0.05) is 34.4 Å². The quantitative estimate of drug-likeness (QED) is 0.349. The van der Waals surface area contributed by atoms with Crippen LogP contribution in [0.5, 0.6) is 0 Å². The summed E-state index contributed by atoms with van der Waals surface area (Å²) in [5, 5.41) is 13.0. The Hall–Kier alpha value is -3.16. The number of carbonyl (C=O) groups is 1. The molecule has 0 fully saturated rings. The van der Waals surface area contributed by atoms with E-state index in [-0.39, 0.29) is 11.7 Å². The van der Waals surface area contributed by atoms with E-state index in [2.05, 4.69) is 34.3 Å². The van der Waals surface area contributed by atoms with Gasteiger partial charge in [-0.2, -0.15) is 0 Å². The summed E-state index contributed by atoms with van der Waals surface area (Å²) in [7, 11) is 0. The van der Waals surface area contributed by atoms with Gasteiger partial charge in [-0.1, -0.05) is 55.4 Å². The standard InChI is InChI=1S/C24H22ClN5OS/c1-16(2)20-5-3-4-6-21(20)27-22(31)15-32-24-29-28-23(17-11-13-26-14-12-17)30(24)19-9-7-18(25)8-10-19/h3-14,16H,15H2,1-2H3,(H,27,31). The van der Waals surface area contributed by atoms with Crippen LogP contribution in [-0.2, 0) is 4.79 Å². The molecule has 6 nitrogen and oxygen atoms in total. The Balaban J connectivity index is 1.58. The molecule has 0 saturated carbocycles. The van der Waals surface area contributed by atoms with Gasteiger partial charge in [-0.25, -0.2) is 0 Å². The molecule has 0 atom stereocenters. The number of nitrogens with one attached hydrogen (secondary N) is 1. The van der Waals surface area contributed by atoms with E-state index in [1.165, 1.54) is 11.8 Å². The molecule has 0 radical (unpaired) electrons. The second-order valence-corrected chi connectivity index (χ2v) is 8.81. The lowest BCUT2D eigenvalue weighted by Crippen LogP contribution is -2.16. The van der Waals surface area contributed by atoms with Gasteiger partial charge >= 0.3 is 0 Å². The maximum Gasteiger partial charge on any atom is 0.234 e. The summed E-state index contributed by atoms with van der Waals surface area (Å²) in [5.41, 5.74) is 3.68. The van der Waals surface area contributed by atoms with Crippen molar-refractivity contribution in [3.63, 3.8) is 0 Å². The number of nitrogens with zero attached hydrogens (tertiary/aromatic N) is 4. The smallest absolute Gasteiger partial charge is 0.234 e.